The Morgan fingerprint density at radius 1 is 1.14 bits per heavy atom. The fraction of sp³-hybridized carbons (Fsp3) is 0.625. The number of nitrogens with two attached hydrogens (primary N) is 1. The van der Waals surface area contributed by atoms with Gasteiger partial charge in [-0.25, -0.2) is 8.78 Å². The van der Waals surface area contributed by atoms with Crippen molar-refractivity contribution in [2.75, 3.05) is 33.4 Å². The van der Waals surface area contributed by atoms with E-state index in [9.17, 15) is 8.78 Å². The van der Waals surface area contributed by atoms with Crippen LogP contribution in [0.2, 0.25) is 0 Å². The van der Waals surface area contributed by atoms with E-state index < -0.39 is 6.43 Å². The smallest absolute Gasteiger partial charge is 0.263 e. The van der Waals surface area contributed by atoms with E-state index in [4.69, 9.17) is 10.5 Å². The van der Waals surface area contributed by atoms with Crippen LogP contribution in [-0.2, 0) is 4.74 Å². The molecule has 0 spiro atoms. The van der Waals surface area contributed by atoms with E-state index in [1.807, 2.05) is 0 Å². The van der Waals surface area contributed by atoms with Gasteiger partial charge in [-0.15, -0.1) is 0 Å². The maximum atomic E-state index is 12.6. The molecule has 0 radical (unpaired) electrons. The maximum Gasteiger partial charge on any atom is 0.263 e. The van der Waals surface area contributed by atoms with Crippen LogP contribution in [0.4, 0.5) is 8.78 Å². The van der Waals surface area contributed by atoms with Crippen LogP contribution in [-0.4, -0.2) is 38.3 Å². The second-order valence-electron chi connectivity index (χ2n) is 5.60. The Bertz CT molecular complexity index is 396. The summed E-state index contributed by atoms with van der Waals surface area (Å²) in [5.74, 6) is 0.497. The fourth-order valence-electron chi connectivity index (χ4n) is 2.41. The topological polar surface area (TPSA) is 38.5 Å². The normalized spacial score (nSPS) is 13.4. The number of benzene rings is 1. The number of methoxy groups -OCH3 is 1. The molecule has 2 N–H and O–H groups in total. The van der Waals surface area contributed by atoms with Crippen LogP contribution in [0.5, 0.6) is 0 Å². The maximum absolute atomic E-state index is 12.6. The second-order valence-corrected chi connectivity index (χ2v) is 5.60. The van der Waals surface area contributed by atoms with E-state index in [0.717, 1.165) is 18.7 Å². The van der Waals surface area contributed by atoms with Crippen molar-refractivity contribution in [1.29, 1.82) is 0 Å². The van der Waals surface area contributed by atoms with Gasteiger partial charge in [0, 0.05) is 38.3 Å². The molecule has 1 aromatic rings. The number of nitrogens with zero attached hydrogens (tertiary/aromatic N) is 1. The number of hydrogen-bond donors (Lipinski definition) is 1. The Balaban J connectivity index is 2.89. The molecule has 3 nitrogen and oxygen atoms in total. The second kappa shape index (κ2) is 9.07. The number of hydrogen-bond acceptors (Lipinski definition) is 3. The van der Waals surface area contributed by atoms with Crippen molar-refractivity contribution in [1.82, 2.24) is 4.90 Å². The highest BCUT2D eigenvalue weighted by molar-refractivity contribution is 5.26. The molecule has 1 rings (SSSR count). The Labute approximate surface area is 126 Å². The Morgan fingerprint density at radius 2 is 1.71 bits per heavy atom. The highest BCUT2D eigenvalue weighted by atomic mass is 19.3. The van der Waals surface area contributed by atoms with Gasteiger partial charge in [-0.3, -0.25) is 4.90 Å². The van der Waals surface area contributed by atoms with E-state index in [0.29, 0.717) is 19.1 Å². The summed E-state index contributed by atoms with van der Waals surface area (Å²) in [5.41, 5.74) is 6.93. The summed E-state index contributed by atoms with van der Waals surface area (Å²) in [5, 5.41) is 0. The molecule has 1 atom stereocenters. The molecular formula is C16H26F2N2O. The van der Waals surface area contributed by atoms with Gasteiger partial charge in [0.15, 0.2) is 0 Å². The summed E-state index contributed by atoms with van der Waals surface area (Å²) in [6.07, 6.45) is -2.43. The van der Waals surface area contributed by atoms with E-state index >= 15 is 0 Å². The summed E-state index contributed by atoms with van der Waals surface area (Å²) in [6, 6.07) is 6.48. The predicted molar refractivity (Wildman–Crippen MR) is 81.5 cm³/mol. The molecule has 0 saturated heterocycles. The molecule has 0 aliphatic rings. The van der Waals surface area contributed by atoms with Crippen LogP contribution in [0.15, 0.2) is 24.3 Å². The van der Waals surface area contributed by atoms with Crippen molar-refractivity contribution < 1.29 is 13.5 Å². The first-order chi connectivity index (χ1) is 9.99. The van der Waals surface area contributed by atoms with Crippen molar-refractivity contribution in [2.45, 2.75) is 26.3 Å². The van der Waals surface area contributed by atoms with Gasteiger partial charge in [-0.1, -0.05) is 38.1 Å². The molecule has 1 unspecified atom stereocenters. The quantitative estimate of drug-likeness (QED) is 0.761. The lowest BCUT2D eigenvalue weighted by atomic mass is 10.0. The molecule has 0 aliphatic heterocycles. The summed E-state index contributed by atoms with van der Waals surface area (Å²) in [7, 11) is 1.67. The minimum atomic E-state index is -2.43. The number of alkyl halides is 2. The monoisotopic (exact) mass is 300 g/mol. The first kappa shape index (κ1) is 18.0. The Kier molecular flexibility index (Phi) is 7.78. The lowest BCUT2D eigenvalue weighted by Gasteiger charge is -2.32. The minimum Gasteiger partial charge on any atom is -0.383 e. The lowest BCUT2D eigenvalue weighted by Crippen LogP contribution is -2.38. The minimum absolute atomic E-state index is 0.0225. The highest BCUT2D eigenvalue weighted by Crippen LogP contribution is 2.24. The summed E-state index contributed by atoms with van der Waals surface area (Å²) in [6.45, 7) is 7.03. The number of halogens is 2. The zero-order valence-electron chi connectivity index (χ0n) is 13.1. The van der Waals surface area contributed by atoms with Crippen LogP contribution in [0.3, 0.4) is 0 Å². The molecule has 120 valence electrons. The van der Waals surface area contributed by atoms with Crippen molar-refractivity contribution in [3.8, 4) is 0 Å². The van der Waals surface area contributed by atoms with Gasteiger partial charge < -0.3 is 10.5 Å². The highest BCUT2D eigenvalue weighted by Gasteiger charge is 2.20. The lowest BCUT2D eigenvalue weighted by molar-refractivity contribution is 0.112. The SMILES string of the molecule is COCCN(CC(C)C)C(CN)c1ccc(C(F)F)cc1. The van der Waals surface area contributed by atoms with Gasteiger partial charge >= 0.3 is 0 Å². The van der Waals surface area contributed by atoms with Gasteiger partial charge in [-0.05, 0) is 11.5 Å². The average Bonchev–Trinajstić information content (AvgIpc) is 2.45. The van der Waals surface area contributed by atoms with E-state index in [2.05, 4.69) is 18.7 Å². The molecule has 0 aromatic heterocycles. The molecule has 1 aromatic carbocycles. The van der Waals surface area contributed by atoms with Crippen molar-refractivity contribution in [3.05, 3.63) is 35.4 Å². The molecular weight excluding hydrogens is 274 g/mol. The summed E-state index contributed by atoms with van der Waals surface area (Å²) < 4.78 is 30.4. The van der Waals surface area contributed by atoms with Gasteiger partial charge in [0.1, 0.15) is 0 Å². The van der Waals surface area contributed by atoms with Crippen molar-refractivity contribution in [3.63, 3.8) is 0 Å². The average molecular weight is 300 g/mol. The third-order valence-corrected chi connectivity index (χ3v) is 3.42. The largest absolute Gasteiger partial charge is 0.383 e. The molecule has 5 heteroatoms. The molecule has 0 heterocycles. The van der Waals surface area contributed by atoms with Gasteiger partial charge in [0.2, 0.25) is 0 Å². The summed E-state index contributed by atoms with van der Waals surface area (Å²) >= 11 is 0. The van der Waals surface area contributed by atoms with Gasteiger partial charge in [-0.2, -0.15) is 0 Å². The molecule has 0 aliphatic carbocycles. The van der Waals surface area contributed by atoms with Crippen LogP contribution >= 0.6 is 0 Å². The third kappa shape index (κ3) is 5.69. The van der Waals surface area contributed by atoms with E-state index in [1.165, 1.54) is 12.1 Å². The van der Waals surface area contributed by atoms with Crippen LogP contribution in [0.25, 0.3) is 0 Å². The fourth-order valence-corrected chi connectivity index (χ4v) is 2.41. The first-order valence-electron chi connectivity index (χ1n) is 7.30. The molecule has 0 fully saturated rings. The predicted octanol–water partition coefficient (Wildman–Crippen LogP) is 3.23. The zero-order chi connectivity index (χ0) is 15.8. The summed E-state index contributed by atoms with van der Waals surface area (Å²) in [4.78, 5) is 2.26. The van der Waals surface area contributed by atoms with E-state index in [1.54, 1.807) is 19.2 Å². The standard InChI is InChI=1S/C16H26F2N2O/c1-12(2)11-20(8-9-21-3)15(10-19)13-4-6-14(7-5-13)16(17)18/h4-7,12,15-16H,8-11,19H2,1-3H3. The number of rotatable bonds is 9. The Morgan fingerprint density at radius 3 is 2.14 bits per heavy atom. The zero-order valence-corrected chi connectivity index (χ0v) is 13.1. The number of ether oxygens (including phenoxy) is 1. The van der Waals surface area contributed by atoms with Gasteiger partial charge in [0.05, 0.1) is 6.61 Å². The Hall–Kier alpha value is -1.04. The van der Waals surface area contributed by atoms with Crippen LogP contribution in [0, 0.1) is 5.92 Å². The van der Waals surface area contributed by atoms with Crippen molar-refractivity contribution in [2.24, 2.45) is 11.7 Å². The van der Waals surface area contributed by atoms with E-state index in [-0.39, 0.29) is 11.6 Å². The molecule has 0 amide bonds. The molecule has 0 saturated carbocycles. The third-order valence-electron chi connectivity index (χ3n) is 3.42. The van der Waals surface area contributed by atoms with Gasteiger partial charge in [0.25, 0.3) is 6.43 Å². The van der Waals surface area contributed by atoms with Crippen molar-refractivity contribution >= 4 is 0 Å². The molecule has 0 bridgehead atoms. The van der Waals surface area contributed by atoms with Crippen LogP contribution in [0.1, 0.15) is 37.4 Å². The van der Waals surface area contributed by atoms with Crippen LogP contribution < -0.4 is 5.73 Å². The first-order valence-corrected chi connectivity index (χ1v) is 7.30. The molecule has 21 heavy (non-hydrogen) atoms.